The fraction of sp³-hybridized carbons (Fsp3) is 0.406. The molecule has 2 aromatic carbocycles. The smallest absolute Gasteiger partial charge is 0.354 e. The molecular weight excluding hydrogens is 586 g/mol. The van der Waals surface area contributed by atoms with Crippen molar-refractivity contribution in [1.82, 2.24) is 25.2 Å². The predicted molar refractivity (Wildman–Crippen MR) is 172 cm³/mol. The zero-order valence-electron chi connectivity index (χ0n) is 24.7. The highest BCUT2D eigenvalue weighted by molar-refractivity contribution is 6.31. The fourth-order valence-corrected chi connectivity index (χ4v) is 6.24. The number of nitrogens with one attached hydrogen (secondary N) is 4. The van der Waals surface area contributed by atoms with Gasteiger partial charge >= 0.3 is 5.69 Å². The average Bonchev–Trinajstić information content (AvgIpc) is 3.40. The number of guanidine groups is 1. The van der Waals surface area contributed by atoms with Gasteiger partial charge in [0.2, 0.25) is 0 Å². The maximum Gasteiger partial charge on any atom is 0.354 e. The van der Waals surface area contributed by atoms with Gasteiger partial charge in [0.15, 0.2) is 11.8 Å². The Morgan fingerprint density at radius 1 is 1.25 bits per heavy atom. The number of nitrogens with zero attached hydrogens (tertiary/aromatic N) is 2. The van der Waals surface area contributed by atoms with Gasteiger partial charge < -0.3 is 27.1 Å². The molecule has 3 heterocycles. The molecule has 0 spiro atoms. The number of hydrogen-bond acceptors (Lipinski definition) is 5. The van der Waals surface area contributed by atoms with E-state index in [4.69, 9.17) is 28.5 Å². The van der Waals surface area contributed by atoms with E-state index in [-0.39, 0.29) is 29.1 Å². The van der Waals surface area contributed by atoms with Gasteiger partial charge in [0.1, 0.15) is 12.3 Å². The number of nitrogens with two attached hydrogens (primary N) is 2. The molecule has 0 saturated carbocycles. The molecule has 0 unspecified atom stereocenters. The number of piperidine rings is 1. The van der Waals surface area contributed by atoms with Crippen LogP contribution < -0.4 is 27.8 Å². The van der Waals surface area contributed by atoms with Crippen LogP contribution >= 0.6 is 11.6 Å². The quantitative estimate of drug-likeness (QED) is 0.0992. The van der Waals surface area contributed by atoms with E-state index in [9.17, 15) is 9.18 Å². The third-order valence-electron chi connectivity index (χ3n) is 8.18. The van der Waals surface area contributed by atoms with E-state index in [1.165, 1.54) is 4.57 Å². The first-order valence-corrected chi connectivity index (χ1v) is 15.4. The monoisotopic (exact) mass is 624 g/mol. The number of aromatic nitrogens is 3. The molecule has 4 atom stereocenters. The molecule has 2 aromatic heterocycles. The minimum atomic E-state index is -0.601. The number of fused-ring (bicyclic) bond motifs is 1. The molecule has 1 saturated heterocycles. The summed E-state index contributed by atoms with van der Waals surface area (Å²) in [5, 5.41) is 14.4. The minimum absolute atomic E-state index is 0.0401. The van der Waals surface area contributed by atoms with Crippen LogP contribution in [0.4, 0.5) is 8.78 Å². The Labute approximate surface area is 259 Å². The van der Waals surface area contributed by atoms with Crippen molar-refractivity contribution in [3.8, 4) is 16.9 Å². The zero-order chi connectivity index (χ0) is 31.4. The van der Waals surface area contributed by atoms with Gasteiger partial charge in [0, 0.05) is 35.3 Å². The molecule has 12 heteroatoms. The second kappa shape index (κ2) is 13.9. The molecule has 0 radical (unpaired) electrons. The SMILES string of the molecule is C[C@H](N)CCCc1cc(Cl)c(F)c(-c2cc3cn(-c4ccc([C@@H]5CCC[C@@H](C[C@@H](CF)NC(=N)N)N5)cc4)c(=O)nc3[nH]2)c1. The van der Waals surface area contributed by atoms with Crippen molar-refractivity contribution in [1.29, 1.82) is 5.41 Å². The summed E-state index contributed by atoms with van der Waals surface area (Å²) < 4.78 is 30.0. The van der Waals surface area contributed by atoms with Crippen LogP contribution in [-0.2, 0) is 6.42 Å². The number of rotatable bonds is 11. The van der Waals surface area contributed by atoms with Crippen LogP contribution in [0.1, 0.15) is 62.6 Å². The average molecular weight is 625 g/mol. The summed E-state index contributed by atoms with van der Waals surface area (Å²) in [4.78, 5) is 20.3. The summed E-state index contributed by atoms with van der Waals surface area (Å²) in [6.45, 7) is 1.36. The number of H-pyrrole nitrogens is 1. The Hall–Kier alpha value is -3.80. The topological polar surface area (TPSA) is 151 Å². The van der Waals surface area contributed by atoms with Crippen molar-refractivity contribution < 1.29 is 8.78 Å². The molecule has 0 aliphatic carbocycles. The lowest BCUT2D eigenvalue weighted by molar-refractivity contribution is 0.275. The predicted octanol–water partition coefficient (Wildman–Crippen LogP) is 5.24. The molecule has 9 nitrogen and oxygen atoms in total. The molecule has 1 aliphatic heterocycles. The van der Waals surface area contributed by atoms with E-state index < -0.39 is 24.2 Å². The van der Waals surface area contributed by atoms with Gasteiger partial charge in [0.05, 0.1) is 22.4 Å². The number of halogens is 3. The Morgan fingerprint density at radius 2 is 2.02 bits per heavy atom. The second-order valence-electron chi connectivity index (χ2n) is 11.8. The van der Waals surface area contributed by atoms with Gasteiger partial charge in [-0.1, -0.05) is 30.2 Å². The normalized spacial score (nSPS) is 18.3. The maximum absolute atomic E-state index is 15.1. The first-order chi connectivity index (χ1) is 21.1. The zero-order valence-corrected chi connectivity index (χ0v) is 25.4. The van der Waals surface area contributed by atoms with E-state index in [0.717, 1.165) is 49.7 Å². The second-order valence-corrected chi connectivity index (χ2v) is 12.2. The molecule has 0 bridgehead atoms. The third kappa shape index (κ3) is 7.46. The fourth-order valence-electron chi connectivity index (χ4n) is 6.00. The van der Waals surface area contributed by atoms with Gasteiger partial charge in [-0.05, 0) is 86.9 Å². The lowest BCUT2D eigenvalue weighted by Crippen LogP contribution is -2.46. The third-order valence-corrected chi connectivity index (χ3v) is 8.46. The summed E-state index contributed by atoms with van der Waals surface area (Å²) in [7, 11) is 0. The lowest BCUT2D eigenvalue weighted by atomic mass is 9.90. The molecular formula is C32H39ClF2N8O. The number of hydrogen-bond donors (Lipinski definition) is 6. The van der Waals surface area contributed by atoms with Gasteiger partial charge in [-0.25, -0.2) is 13.6 Å². The van der Waals surface area contributed by atoms with E-state index in [1.54, 1.807) is 24.4 Å². The van der Waals surface area contributed by atoms with Crippen molar-refractivity contribution >= 4 is 28.6 Å². The molecule has 1 fully saturated rings. The highest BCUT2D eigenvalue weighted by Gasteiger charge is 2.25. The molecule has 4 aromatic rings. The summed E-state index contributed by atoms with van der Waals surface area (Å²) in [6, 6.07) is 12.6. The van der Waals surface area contributed by atoms with Crippen LogP contribution in [0.25, 0.3) is 28.0 Å². The first-order valence-electron chi connectivity index (χ1n) is 15.0. The number of alkyl halides is 1. The Kier molecular flexibility index (Phi) is 9.97. The molecule has 5 rings (SSSR count). The highest BCUT2D eigenvalue weighted by Crippen LogP contribution is 2.32. The van der Waals surface area contributed by atoms with Gasteiger partial charge in [-0.15, -0.1) is 0 Å². The van der Waals surface area contributed by atoms with Gasteiger partial charge in [-0.2, -0.15) is 4.98 Å². The van der Waals surface area contributed by atoms with Gasteiger partial charge in [0.25, 0.3) is 0 Å². The summed E-state index contributed by atoms with van der Waals surface area (Å²) in [5.74, 6) is -0.766. The van der Waals surface area contributed by atoms with Crippen molar-refractivity contribution in [2.45, 2.75) is 76.0 Å². The van der Waals surface area contributed by atoms with Crippen molar-refractivity contribution in [2.24, 2.45) is 11.5 Å². The van der Waals surface area contributed by atoms with E-state index >= 15 is 4.39 Å². The minimum Gasteiger partial charge on any atom is -0.370 e. The molecule has 8 N–H and O–H groups in total. The van der Waals surface area contributed by atoms with Crippen LogP contribution in [-0.4, -0.2) is 45.3 Å². The molecule has 0 amide bonds. The van der Waals surface area contributed by atoms with Crippen LogP contribution in [0.5, 0.6) is 0 Å². The van der Waals surface area contributed by atoms with Crippen molar-refractivity contribution in [3.05, 3.63) is 81.1 Å². The summed E-state index contributed by atoms with van der Waals surface area (Å²) >= 11 is 6.25. The van der Waals surface area contributed by atoms with Gasteiger partial charge in [-0.3, -0.25) is 9.98 Å². The molecule has 234 valence electrons. The number of aryl methyl sites for hydroxylation is 1. The lowest BCUT2D eigenvalue weighted by Gasteiger charge is -2.33. The maximum atomic E-state index is 15.1. The Balaban J connectivity index is 1.34. The standard InChI is InChI=1S/C32H39ClF2N8O/c1-18(36)4-2-5-19-12-25(29(35)26(33)13-19)28-14-21-17-43(32(44)42-30(21)41-28)24-10-8-20(9-11-24)27-7-3-6-22(39-27)15-23(16-34)40-31(37)38/h8-14,17-18,22-23,27,39H,2-7,15-16,36H2,1H3,(H4,37,38,40)(H,41,42,44)/t18-,22-,23-,27-/m0/s1. The number of aromatic amines is 1. The molecule has 44 heavy (non-hydrogen) atoms. The summed E-state index contributed by atoms with van der Waals surface area (Å²) in [5.41, 5.74) is 14.6. The summed E-state index contributed by atoms with van der Waals surface area (Å²) in [6.07, 6.45) is 7.49. The van der Waals surface area contributed by atoms with Crippen molar-refractivity contribution in [3.63, 3.8) is 0 Å². The largest absolute Gasteiger partial charge is 0.370 e. The number of benzene rings is 2. The molecule has 1 aliphatic rings. The van der Waals surface area contributed by atoms with Crippen LogP contribution in [0, 0.1) is 11.2 Å². The van der Waals surface area contributed by atoms with E-state index in [0.29, 0.717) is 34.4 Å². The van der Waals surface area contributed by atoms with Crippen LogP contribution in [0.3, 0.4) is 0 Å². The van der Waals surface area contributed by atoms with E-state index in [2.05, 4.69) is 20.6 Å². The van der Waals surface area contributed by atoms with Crippen molar-refractivity contribution in [2.75, 3.05) is 6.67 Å². The Morgan fingerprint density at radius 3 is 2.73 bits per heavy atom. The van der Waals surface area contributed by atoms with E-state index in [1.807, 2.05) is 31.2 Å². The Bertz CT molecular complexity index is 1670. The first kappa shape index (κ1) is 31.6. The van der Waals surface area contributed by atoms with Crippen LogP contribution in [0.2, 0.25) is 5.02 Å². The van der Waals surface area contributed by atoms with Crippen LogP contribution in [0.15, 0.2) is 53.5 Å². The highest BCUT2D eigenvalue weighted by atomic mass is 35.5.